The first kappa shape index (κ1) is 19.7. The normalized spacial score (nSPS) is 10.1. The van der Waals surface area contributed by atoms with Gasteiger partial charge < -0.3 is 10.1 Å². The summed E-state index contributed by atoms with van der Waals surface area (Å²) in [6, 6.07) is 10.4. The molecule has 1 amide bonds. The van der Waals surface area contributed by atoms with Gasteiger partial charge in [-0.2, -0.15) is 0 Å². The van der Waals surface area contributed by atoms with Crippen molar-refractivity contribution in [1.82, 2.24) is 0 Å². The Hall–Kier alpha value is -3.62. The maximum absolute atomic E-state index is 12.8. The zero-order valence-electron chi connectivity index (χ0n) is 14.0. The number of hydrogen-bond donors (Lipinski definition) is 1. The number of carbonyl (C=O) groups excluding carboxylic acids is 3. The minimum Gasteiger partial charge on any atom is -0.456 e. The number of carbonyl (C=O) groups is 3. The van der Waals surface area contributed by atoms with E-state index in [1.165, 1.54) is 36.4 Å². The smallest absolute Gasteiger partial charge is 0.306 e. The van der Waals surface area contributed by atoms with Crippen molar-refractivity contribution in [3.8, 4) is 0 Å². The largest absolute Gasteiger partial charge is 0.456 e. The number of halogens is 1. The molecule has 2 aromatic carbocycles. The highest BCUT2D eigenvalue weighted by molar-refractivity contribution is 5.98. The second-order valence-corrected chi connectivity index (χ2v) is 5.41. The van der Waals surface area contributed by atoms with Crippen LogP contribution in [0.25, 0.3) is 0 Å². The lowest BCUT2D eigenvalue weighted by Gasteiger charge is -2.07. The van der Waals surface area contributed by atoms with Crippen LogP contribution in [-0.4, -0.2) is 29.2 Å². The number of Topliss-reactive ketones (excluding diaryl/α,β-unsaturated/α-hetero) is 1. The summed E-state index contributed by atoms with van der Waals surface area (Å²) in [5.41, 5.74) is -0.0459. The Balaban J connectivity index is 1.78. The van der Waals surface area contributed by atoms with Crippen LogP contribution in [0.4, 0.5) is 15.8 Å². The van der Waals surface area contributed by atoms with E-state index in [1.807, 2.05) is 0 Å². The van der Waals surface area contributed by atoms with E-state index in [0.29, 0.717) is 0 Å². The lowest BCUT2D eigenvalue weighted by Crippen LogP contribution is -2.21. The summed E-state index contributed by atoms with van der Waals surface area (Å²) in [5, 5.41) is 13.2. The van der Waals surface area contributed by atoms with Crippen molar-refractivity contribution in [2.45, 2.75) is 12.8 Å². The van der Waals surface area contributed by atoms with Crippen molar-refractivity contribution in [1.29, 1.82) is 0 Å². The number of anilines is 1. The molecule has 140 valence electrons. The molecule has 0 atom stereocenters. The van der Waals surface area contributed by atoms with Crippen LogP contribution >= 0.6 is 0 Å². The predicted octanol–water partition coefficient (Wildman–Crippen LogP) is 2.88. The molecule has 0 bridgehead atoms. The summed E-state index contributed by atoms with van der Waals surface area (Å²) in [4.78, 5) is 45.5. The van der Waals surface area contributed by atoms with E-state index < -0.39 is 29.2 Å². The number of amides is 1. The van der Waals surface area contributed by atoms with Gasteiger partial charge in [0.2, 0.25) is 0 Å². The molecule has 0 aromatic heterocycles. The van der Waals surface area contributed by atoms with Crippen LogP contribution in [0, 0.1) is 15.9 Å². The number of ether oxygens (including phenoxy) is 1. The Morgan fingerprint density at radius 3 is 2.37 bits per heavy atom. The lowest BCUT2D eigenvalue weighted by atomic mass is 10.1. The van der Waals surface area contributed by atoms with Gasteiger partial charge in [0.05, 0.1) is 11.3 Å². The second kappa shape index (κ2) is 9.18. The fourth-order valence-electron chi connectivity index (χ4n) is 2.14. The Labute approximate surface area is 153 Å². The van der Waals surface area contributed by atoms with Gasteiger partial charge in [0.15, 0.2) is 12.4 Å². The first-order chi connectivity index (χ1) is 12.9. The van der Waals surface area contributed by atoms with Crippen molar-refractivity contribution >= 4 is 29.0 Å². The Morgan fingerprint density at radius 2 is 1.70 bits per heavy atom. The molecule has 0 fully saturated rings. The molecule has 1 N–H and O–H groups in total. The standard InChI is InChI=1S/C18H15FN2O6/c19-13-7-5-12(6-8-13)16(22)9-10-18(24)27-11-17(23)20-14-3-1-2-4-15(14)21(25)26/h1-8H,9-11H2,(H,20,23). The van der Waals surface area contributed by atoms with Gasteiger partial charge in [0.1, 0.15) is 11.5 Å². The molecule has 8 nitrogen and oxygen atoms in total. The molecule has 0 heterocycles. The summed E-state index contributed by atoms with van der Waals surface area (Å²) >= 11 is 0. The number of para-hydroxylation sites is 2. The molecule has 0 aliphatic heterocycles. The van der Waals surface area contributed by atoms with E-state index in [1.54, 1.807) is 0 Å². The van der Waals surface area contributed by atoms with Crippen molar-refractivity contribution in [3.05, 3.63) is 70.0 Å². The minimum atomic E-state index is -0.775. The average Bonchev–Trinajstić information content (AvgIpc) is 2.65. The summed E-state index contributed by atoms with van der Waals surface area (Å²) in [6.07, 6.45) is -0.411. The van der Waals surface area contributed by atoms with Crippen LogP contribution in [0.5, 0.6) is 0 Å². The van der Waals surface area contributed by atoms with E-state index >= 15 is 0 Å². The van der Waals surface area contributed by atoms with Gasteiger partial charge in [-0.3, -0.25) is 24.5 Å². The number of benzene rings is 2. The van der Waals surface area contributed by atoms with E-state index in [9.17, 15) is 28.9 Å². The molecular weight excluding hydrogens is 359 g/mol. The lowest BCUT2D eigenvalue weighted by molar-refractivity contribution is -0.383. The molecule has 0 saturated carbocycles. The molecule has 2 aromatic rings. The van der Waals surface area contributed by atoms with Gasteiger partial charge in [-0.1, -0.05) is 12.1 Å². The maximum Gasteiger partial charge on any atom is 0.306 e. The first-order valence-electron chi connectivity index (χ1n) is 7.84. The monoisotopic (exact) mass is 374 g/mol. The fraction of sp³-hybridized carbons (Fsp3) is 0.167. The van der Waals surface area contributed by atoms with Crippen LogP contribution in [0.3, 0.4) is 0 Å². The van der Waals surface area contributed by atoms with E-state index in [2.05, 4.69) is 5.32 Å². The van der Waals surface area contributed by atoms with Gasteiger partial charge in [-0.15, -0.1) is 0 Å². The number of ketones is 1. The first-order valence-corrected chi connectivity index (χ1v) is 7.84. The molecule has 0 aliphatic carbocycles. The molecule has 0 aliphatic rings. The highest BCUT2D eigenvalue weighted by Crippen LogP contribution is 2.22. The van der Waals surface area contributed by atoms with Crippen molar-refractivity contribution in [2.75, 3.05) is 11.9 Å². The topological polar surface area (TPSA) is 116 Å². The molecule has 2 rings (SSSR count). The van der Waals surface area contributed by atoms with Gasteiger partial charge in [-0.05, 0) is 30.3 Å². The number of nitrogens with zero attached hydrogens (tertiary/aromatic N) is 1. The highest BCUT2D eigenvalue weighted by atomic mass is 19.1. The number of nitrogens with one attached hydrogen (secondary N) is 1. The van der Waals surface area contributed by atoms with Crippen molar-refractivity contribution in [2.24, 2.45) is 0 Å². The van der Waals surface area contributed by atoms with Crippen molar-refractivity contribution in [3.63, 3.8) is 0 Å². The number of hydrogen-bond acceptors (Lipinski definition) is 6. The maximum atomic E-state index is 12.8. The number of esters is 1. The third-order valence-electron chi connectivity index (χ3n) is 3.46. The molecule has 0 saturated heterocycles. The summed E-state index contributed by atoms with van der Waals surface area (Å²) in [5.74, 6) is -2.36. The summed E-state index contributed by atoms with van der Waals surface area (Å²) < 4.78 is 17.6. The highest BCUT2D eigenvalue weighted by Gasteiger charge is 2.16. The Bertz CT molecular complexity index is 866. The molecule has 0 radical (unpaired) electrons. The molecule has 0 spiro atoms. The number of nitro benzene ring substituents is 1. The van der Waals surface area contributed by atoms with Crippen molar-refractivity contribution < 1.29 is 28.4 Å². The number of rotatable bonds is 8. The Kier molecular flexibility index (Phi) is 6.70. The van der Waals surface area contributed by atoms with Gasteiger partial charge >= 0.3 is 5.97 Å². The van der Waals surface area contributed by atoms with Crippen LogP contribution in [0.1, 0.15) is 23.2 Å². The van der Waals surface area contributed by atoms with Crippen LogP contribution in [0.2, 0.25) is 0 Å². The molecule has 27 heavy (non-hydrogen) atoms. The van der Waals surface area contributed by atoms with Gasteiger partial charge in [0, 0.05) is 18.1 Å². The average molecular weight is 374 g/mol. The van der Waals surface area contributed by atoms with Crippen LogP contribution in [0.15, 0.2) is 48.5 Å². The van der Waals surface area contributed by atoms with E-state index in [4.69, 9.17) is 4.74 Å². The SMILES string of the molecule is O=C(COC(=O)CCC(=O)c1ccc(F)cc1)Nc1ccccc1[N+](=O)[O-]. The number of nitro groups is 1. The predicted molar refractivity (Wildman–Crippen MR) is 92.6 cm³/mol. The minimum absolute atomic E-state index is 0.0185. The van der Waals surface area contributed by atoms with Gasteiger partial charge in [0.25, 0.3) is 11.6 Å². The third-order valence-corrected chi connectivity index (χ3v) is 3.46. The molecule has 9 heteroatoms. The van der Waals surface area contributed by atoms with Gasteiger partial charge in [-0.25, -0.2) is 4.39 Å². The second-order valence-electron chi connectivity index (χ2n) is 5.41. The fourth-order valence-corrected chi connectivity index (χ4v) is 2.14. The zero-order chi connectivity index (χ0) is 19.8. The van der Waals surface area contributed by atoms with E-state index in [0.717, 1.165) is 12.1 Å². The van der Waals surface area contributed by atoms with Crippen LogP contribution < -0.4 is 5.32 Å². The molecular formula is C18H15FN2O6. The van der Waals surface area contributed by atoms with Crippen LogP contribution in [-0.2, 0) is 14.3 Å². The van der Waals surface area contributed by atoms with E-state index in [-0.39, 0.29) is 35.6 Å². The molecule has 0 unspecified atom stereocenters. The summed E-state index contributed by atoms with van der Waals surface area (Å²) in [7, 11) is 0. The zero-order valence-corrected chi connectivity index (χ0v) is 14.0. The third kappa shape index (κ3) is 5.99. The quantitative estimate of drug-likeness (QED) is 0.329. The Morgan fingerprint density at radius 1 is 1.04 bits per heavy atom. The summed E-state index contributed by atoms with van der Waals surface area (Å²) in [6.45, 7) is -0.643.